The highest BCUT2D eigenvalue weighted by molar-refractivity contribution is 5.85. The van der Waals surface area contributed by atoms with Crippen LogP contribution in [0.25, 0.3) is 6.08 Å². The molecule has 0 aliphatic heterocycles. The second-order valence-corrected chi connectivity index (χ2v) is 3.42. The van der Waals surface area contributed by atoms with Crippen molar-refractivity contribution in [2.75, 3.05) is 20.3 Å². The van der Waals surface area contributed by atoms with Gasteiger partial charge in [0.2, 0.25) is 0 Å². The molecular formula is C13H16O4. The molecule has 1 aromatic rings. The molecule has 0 unspecified atom stereocenters. The van der Waals surface area contributed by atoms with Gasteiger partial charge in [0.1, 0.15) is 0 Å². The van der Waals surface area contributed by atoms with Crippen LogP contribution in [0.2, 0.25) is 0 Å². The number of carboxylic acids is 1. The predicted molar refractivity (Wildman–Crippen MR) is 64.6 cm³/mol. The Bertz CT molecular complexity index is 385. The molecule has 92 valence electrons. The number of benzene rings is 1. The van der Waals surface area contributed by atoms with Crippen molar-refractivity contribution in [1.29, 1.82) is 0 Å². The molecule has 0 aliphatic rings. The van der Waals surface area contributed by atoms with Crippen molar-refractivity contribution >= 4 is 12.0 Å². The molecule has 1 rings (SSSR count). The Morgan fingerprint density at radius 2 is 2.12 bits per heavy atom. The third-order valence-corrected chi connectivity index (χ3v) is 2.15. The molecule has 0 aromatic heterocycles. The van der Waals surface area contributed by atoms with Gasteiger partial charge >= 0.3 is 5.97 Å². The fourth-order valence-electron chi connectivity index (χ4n) is 1.31. The fourth-order valence-corrected chi connectivity index (χ4v) is 1.31. The number of ether oxygens (including phenoxy) is 2. The highest BCUT2D eigenvalue weighted by Crippen LogP contribution is 2.11. The Morgan fingerprint density at radius 3 is 2.82 bits per heavy atom. The number of rotatable bonds is 7. The summed E-state index contributed by atoms with van der Waals surface area (Å²) in [6.45, 7) is 1.52. The van der Waals surface area contributed by atoms with E-state index in [9.17, 15) is 4.79 Å². The first-order chi connectivity index (χ1) is 8.24. The Morgan fingerprint density at radius 1 is 1.35 bits per heavy atom. The molecule has 4 heteroatoms. The minimum Gasteiger partial charge on any atom is -0.478 e. The van der Waals surface area contributed by atoms with Crippen molar-refractivity contribution in [3.8, 4) is 0 Å². The van der Waals surface area contributed by atoms with Gasteiger partial charge in [0.25, 0.3) is 0 Å². The van der Waals surface area contributed by atoms with Crippen molar-refractivity contribution in [3.05, 3.63) is 41.5 Å². The Hall–Kier alpha value is -1.65. The summed E-state index contributed by atoms with van der Waals surface area (Å²) in [6, 6.07) is 7.52. The largest absolute Gasteiger partial charge is 0.478 e. The highest BCUT2D eigenvalue weighted by Gasteiger charge is 1.99. The molecule has 4 nitrogen and oxygen atoms in total. The van der Waals surface area contributed by atoms with Gasteiger partial charge in [-0.2, -0.15) is 0 Å². The zero-order valence-corrected chi connectivity index (χ0v) is 9.76. The summed E-state index contributed by atoms with van der Waals surface area (Å²) in [4.78, 5) is 10.4. The number of carbonyl (C=O) groups is 1. The lowest BCUT2D eigenvalue weighted by Gasteiger charge is -2.06. The van der Waals surface area contributed by atoms with Crippen molar-refractivity contribution in [2.45, 2.75) is 6.61 Å². The lowest BCUT2D eigenvalue weighted by Crippen LogP contribution is -2.02. The maximum Gasteiger partial charge on any atom is 0.328 e. The van der Waals surface area contributed by atoms with E-state index in [1.54, 1.807) is 13.2 Å². The molecule has 0 saturated heterocycles. The van der Waals surface area contributed by atoms with E-state index in [0.29, 0.717) is 19.8 Å². The van der Waals surface area contributed by atoms with Crippen LogP contribution >= 0.6 is 0 Å². The molecule has 0 radical (unpaired) electrons. The number of hydrogen-bond acceptors (Lipinski definition) is 3. The molecular weight excluding hydrogens is 220 g/mol. The number of carboxylic acid groups (broad SMARTS) is 1. The van der Waals surface area contributed by atoms with Gasteiger partial charge in [-0.25, -0.2) is 4.79 Å². The maximum atomic E-state index is 10.4. The van der Waals surface area contributed by atoms with E-state index < -0.39 is 5.97 Å². The van der Waals surface area contributed by atoms with Gasteiger partial charge in [-0.05, 0) is 17.2 Å². The average molecular weight is 236 g/mol. The maximum absolute atomic E-state index is 10.4. The van der Waals surface area contributed by atoms with Crippen LogP contribution in [0.4, 0.5) is 0 Å². The van der Waals surface area contributed by atoms with Crippen LogP contribution in [-0.4, -0.2) is 31.4 Å². The average Bonchev–Trinajstić information content (AvgIpc) is 2.33. The van der Waals surface area contributed by atoms with Crippen LogP contribution in [0.5, 0.6) is 0 Å². The topological polar surface area (TPSA) is 55.8 Å². The smallest absolute Gasteiger partial charge is 0.328 e. The van der Waals surface area contributed by atoms with Gasteiger partial charge in [0, 0.05) is 13.2 Å². The summed E-state index contributed by atoms with van der Waals surface area (Å²) in [5, 5.41) is 8.58. The van der Waals surface area contributed by atoms with E-state index in [1.165, 1.54) is 0 Å². The van der Waals surface area contributed by atoms with Gasteiger partial charge in [-0.1, -0.05) is 24.3 Å². The van der Waals surface area contributed by atoms with Crippen LogP contribution in [0.3, 0.4) is 0 Å². The third kappa shape index (κ3) is 5.29. The van der Waals surface area contributed by atoms with Gasteiger partial charge in [-0.3, -0.25) is 0 Å². The molecule has 17 heavy (non-hydrogen) atoms. The van der Waals surface area contributed by atoms with Crippen molar-refractivity contribution < 1.29 is 19.4 Å². The Labute approximate surface area is 100 Å². The second kappa shape index (κ2) is 7.60. The van der Waals surface area contributed by atoms with Crippen LogP contribution in [0, 0.1) is 0 Å². The van der Waals surface area contributed by atoms with Crippen molar-refractivity contribution in [1.82, 2.24) is 0 Å². The zero-order valence-electron chi connectivity index (χ0n) is 9.76. The van der Waals surface area contributed by atoms with E-state index in [4.69, 9.17) is 14.6 Å². The first kappa shape index (κ1) is 13.4. The van der Waals surface area contributed by atoms with Gasteiger partial charge in [0.15, 0.2) is 0 Å². The summed E-state index contributed by atoms with van der Waals surface area (Å²) in [5.41, 5.74) is 1.81. The van der Waals surface area contributed by atoms with E-state index in [-0.39, 0.29) is 0 Å². The standard InChI is InChI=1S/C13H16O4/c1-16-8-9-17-10-12-5-3-2-4-11(12)6-7-13(14)15/h2-7H,8-10H2,1H3,(H,14,15)/b7-6+. The summed E-state index contributed by atoms with van der Waals surface area (Å²) in [7, 11) is 1.62. The van der Waals surface area contributed by atoms with E-state index in [1.807, 2.05) is 24.3 Å². The highest BCUT2D eigenvalue weighted by atomic mass is 16.5. The number of hydrogen-bond donors (Lipinski definition) is 1. The minimum atomic E-state index is -0.958. The van der Waals surface area contributed by atoms with E-state index in [0.717, 1.165) is 17.2 Å². The first-order valence-corrected chi connectivity index (χ1v) is 5.29. The number of methoxy groups -OCH3 is 1. The van der Waals surface area contributed by atoms with Crippen LogP contribution in [-0.2, 0) is 20.9 Å². The SMILES string of the molecule is COCCOCc1ccccc1/C=C/C(=O)O. The normalized spacial score (nSPS) is 10.9. The minimum absolute atomic E-state index is 0.448. The predicted octanol–water partition coefficient (Wildman–Crippen LogP) is 1.95. The molecule has 0 heterocycles. The Balaban J connectivity index is 2.61. The molecule has 0 saturated carbocycles. The lowest BCUT2D eigenvalue weighted by molar-refractivity contribution is -0.131. The molecule has 1 aromatic carbocycles. The van der Waals surface area contributed by atoms with Gasteiger partial charge < -0.3 is 14.6 Å². The van der Waals surface area contributed by atoms with Crippen molar-refractivity contribution in [3.63, 3.8) is 0 Å². The molecule has 1 N–H and O–H groups in total. The molecule has 0 amide bonds. The summed E-state index contributed by atoms with van der Waals surface area (Å²) >= 11 is 0. The first-order valence-electron chi connectivity index (χ1n) is 5.29. The van der Waals surface area contributed by atoms with E-state index in [2.05, 4.69) is 0 Å². The zero-order chi connectivity index (χ0) is 12.5. The third-order valence-electron chi connectivity index (χ3n) is 2.15. The summed E-state index contributed by atoms with van der Waals surface area (Å²) in [5.74, 6) is -0.958. The monoisotopic (exact) mass is 236 g/mol. The lowest BCUT2D eigenvalue weighted by atomic mass is 10.1. The van der Waals surface area contributed by atoms with Gasteiger partial charge in [0.05, 0.1) is 19.8 Å². The van der Waals surface area contributed by atoms with Gasteiger partial charge in [-0.15, -0.1) is 0 Å². The summed E-state index contributed by atoms with van der Waals surface area (Å²) in [6.07, 6.45) is 2.69. The van der Waals surface area contributed by atoms with Crippen LogP contribution in [0.1, 0.15) is 11.1 Å². The molecule has 0 bridgehead atoms. The van der Waals surface area contributed by atoms with Crippen LogP contribution < -0.4 is 0 Å². The van der Waals surface area contributed by atoms with E-state index >= 15 is 0 Å². The van der Waals surface area contributed by atoms with Crippen molar-refractivity contribution in [2.24, 2.45) is 0 Å². The summed E-state index contributed by atoms with van der Waals surface area (Å²) < 4.78 is 10.3. The molecule has 0 aliphatic carbocycles. The Kier molecular flexibility index (Phi) is 5.99. The second-order valence-electron chi connectivity index (χ2n) is 3.42. The fraction of sp³-hybridized carbons (Fsp3) is 0.308. The number of aliphatic carboxylic acids is 1. The molecule has 0 atom stereocenters. The molecule has 0 spiro atoms. The molecule has 0 fully saturated rings. The van der Waals surface area contributed by atoms with Crippen LogP contribution in [0.15, 0.2) is 30.3 Å². The quantitative estimate of drug-likeness (QED) is 0.580.